The van der Waals surface area contributed by atoms with Crippen LogP contribution in [0.15, 0.2) is 18.2 Å². The Bertz CT molecular complexity index is 376. The van der Waals surface area contributed by atoms with Crippen molar-refractivity contribution in [1.29, 1.82) is 0 Å². The molecule has 0 atom stereocenters. The SMILES string of the molecule is CN(CCC(F)(F)F)Cc1cccc(N)c1F. The molecule has 1 aromatic carbocycles. The van der Waals surface area contributed by atoms with Crippen LogP contribution in [0.5, 0.6) is 0 Å². The summed E-state index contributed by atoms with van der Waals surface area (Å²) in [6, 6.07) is 4.50. The second-order valence-corrected chi connectivity index (χ2v) is 3.92. The fourth-order valence-electron chi connectivity index (χ4n) is 1.41. The third-order valence-electron chi connectivity index (χ3n) is 2.33. The van der Waals surface area contributed by atoms with E-state index in [0.717, 1.165) is 0 Å². The molecular formula is C11H14F4N2. The highest BCUT2D eigenvalue weighted by atomic mass is 19.4. The highest BCUT2D eigenvalue weighted by molar-refractivity contribution is 5.42. The Labute approximate surface area is 97.0 Å². The lowest BCUT2D eigenvalue weighted by Gasteiger charge is -2.18. The van der Waals surface area contributed by atoms with Crippen molar-refractivity contribution in [1.82, 2.24) is 4.90 Å². The molecule has 0 bridgehead atoms. The highest BCUT2D eigenvalue weighted by Gasteiger charge is 2.27. The fourth-order valence-corrected chi connectivity index (χ4v) is 1.41. The first kappa shape index (κ1) is 13.8. The van der Waals surface area contributed by atoms with Crippen LogP contribution in [-0.4, -0.2) is 24.7 Å². The average Bonchev–Trinajstić information content (AvgIpc) is 2.21. The summed E-state index contributed by atoms with van der Waals surface area (Å²) in [6.45, 7) is -0.0648. The number of benzene rings is 1. The second-order valence-electron chi connectivity index (χ2n) is 3.92. The monoisotopic (exact) mass is 250 g/mol. The summed E-state index contributed by atoms with van der Waals surface area (Å²) < 4.78 is 49.4. The molecule has 0 saturated carbocycles. The zero-order valence-electron chi connectivity index (χ0n) is 9.39. The predicted octanol–water partition coefficient (Wildman–Crippen LogP) is 2.79. The molecule has 0 heterocycles. The number of nitrogen functional groups attached to an aromatic ring is 1. The molecule has 0 aliphatic carbocycles. The number of alkyl halides is 3. The Morgan fingerprint density at radius 3 is 2.53 bits per heavy atom. The van der Waals surface area contributed by atoms with Gasteiger partial charge in [-0.2, -0.15) is 13.2 Å². The molecule has 0 unspecified atom stereocenters. The number of hydrogen-bond donors (Lipinski definition) is 1. The van der Waals surface area contributed by atoms with Gasteiger partial charge in [-0.05, 0) is 13.1 Å². The quantitative estimate of drug-likeness (QED) is 0.657. The lowest BCUT2D eigenvalue weighted by atomic mass is 10.1. The minimum atomic E-state index is -4.19. The summed E-state index contributed by atoms with van der Waals surface area (Å²) in [6.07, 6.45) is -5.10. The van der Waals surface area contributed by atoms with E-state index in [-0.39, 0.29) is 18.8 Å². The van der Waals surface area contributed by atoms with Crippen molar-refractivity contribution in [3.8, 4) is 0 Å². The maximum absolute atomic E-state index is 13.5. The average molecular weight is 250 g/mol. The summed E-state index contributed by atoms with van der Waals surface area (Å²) in [7, 11) is 1.51. The second kappa shape index (κ2) is 5.35. The Balaban J connectivity index is 2.56. The molecule has 1 rings (SSSR count). The number of nitrogens with two attached hydrogens (primary N) is 1. The Hall–Kier alpha value is -1.30. The standard InChI is InChI=1S/C11H14F4N2/c1-17(6-5-11(13,14)15)7-8-3-2-4-9(16)10(8)12/h2-4H,5-7,16H2,1H3. The molecule has 0 aliphatic rings. The Kier molecular flexibility index (Phi) is 4.34. The van der Waals surface area contributed by atoms with Crippen LogP contribution in [0.1, 0.15) is 12.0 Å². The van der Waals surface area contributed by atoms with E-state index in [2.05, 4.69) is 0 Å². The van der Waals surface area contributed by atoms with Crippen molar-refractivity contribution in [2.45, 2.75) is 19.1 Å². The minimum Gasteiger partial charge on any atom is -0.396 e. The zero-order valence-corrected chi connectivity index (χ0v) is 9.39. The van der Waals surface area contributed by atoms with Crippen molar-refractivity contribution in [2.24, 2.45) is 0 Å². The van der Waals surface area contributed by atoms with Crippen molar-refractivity contribution < 1.29 is 17.6 Å². The first-order chi connectivity index (χ1) is 7.79. The lowest BCUT2D eigenvalue weighted by molar-refractivity contribution is -0.137. The van der Waals surface area contributed by atoms with Gasteiger partial charge in [0.1, 0.15) is 0 Å². The summed E-state index contributed by atoms with van der Waals surface area (Å²) in [5, 5.41) is 0. The number of rotatable bonds is 4. The number of halogens is 4. The third-order valence-corrected chi connectivity index (χ3v) is 2.33. The highest BCUT2D eigenvalue weighted by Crippen LogP contribution is 2.21. The van der Waals surface area contributed by atoms with Crippen molar-refractivity contribution in [3.05, 3.63) is 29.6 Å². The maximum atomic E-state index is 13.5. The van der Waals surface area contributed by atoms with Gasteiger partial charge in [-0.15, -0.1) is 0 Å². The summed E-state index contributed by atoms with van der Waals surface area (Å²) in [4.78, 5) is 1.41. The van der Waals surface area contributed by atoms with Gasteiger partial charge < -0.3 is 10.6 Å². The van der Waals surface area contributed by atoms with Gasteiger partial charge >= 0.3 is 6.18 Å². The first-order valence-electron chi connectivity index (χ1n) is 5.08. The molecule has 0 amide bonds. The van der Waals surface area contributed by atoms with E-state index in [1.54, 1.807) is 6.07 Å². The number of anilines is 1. The smallest absolute Gasteiger partial charge is 0.390 e. The van der Waals surface area contributed by atoms with Gasteiger partial charge in [0.25, 0.3) is 0 Å². The van der Waals surface area contributed by atoms with Gasteiger partial charge in [0.05, 0.1) is 12.1 Å². The molecule has 2 nitrogen and oxygen atoms in total. The molecular weight excluding hydrogens is 236 g/mol. The van der Waals surface area contributed by atoms with E-state index < -0.39 is 18.4 Å². The molecule has 0 saturated heterocycles. The molecule has 6 heteroatoms. The van der Waals surface area contributed by atoms with Crippen LogP contribution in [0, 0.1) is 5.82 Å². The number of hydrogen-bond acceptors (Lipinski definition) is 2. The molecule has 0 spiro atoms. The van der Waals surface area contributed by atoms with Gasteiger partial charge in [0, 0.05) is 18.7 Å². The molecule has 0 aromatic heterocycles. The van der Waals surface area contributed by atoms with Gasteiger partial charge in [0.15, 0.2) is 5.82 Å². The zero-order chi connectivity index (χ0) is 13.1. The predicted molar refractivity (Wildman–Crippen MR) is 57.8 cm³/mol. The van der Waals surface area contributed by atoms with Crippen molar-refractivity contribution in [2.75, 3.05) is 19.3 Å². The minimum absolute atomic E-state index is 0.00622. The largest absolute Gasteiger partial charge is 0.396 e. The van der Waals surface area contributed by atoms with Crippen LogP contribution in [0.4, 0.5) is 23.2 Å². The molecule has 17 heavy (non-hydrogen) atoms. The van der Waals surface area contributed by atoms with E-state index in [0.29, 0.717) is 5.56 Å². The molecule has 1 aromatic rings. The molecule has 96 valence electrons. The van der Waals surface area contributed by atoms with Gasteiger partial charge in [-0.3, -0.25) is 0 Å². The summed E-state index contributed by atoms with van der Waals surface area (Å²) >= 11 is 0. The van der Waals surface area contributed by atoms with Crippen LogP contribution < -0.4 is 5.73 Å². The lowest BCUT2D eigenvalue weighted by Crippen LogP contribution is -2.24. The van der Waals surface area contributed by atoms with E-state index in [1.807, 2.05) is 0 Å². The van der Waals surface area contributed by atoms with Gasteiger partial charge in [0.2, 0.25) is 0 Å². The van der Waals surface area contributed by atoms with Gasteiger partial charge in [-0.1, -0.05) is 12.1 Å². The first-order valence-corrected chi connectivity index (χ1v) is 5.08. The Morgan fingerprint density at radius 2 is 1.94 bits per heavy atom. The topological polar surface area (TPSA) is 29.3 Å². The normalized spacial score (nSPS) is 12.1. The van der Waals surface area contributed by atoms with E-state index in [4.69, 9.17) is 5.73 Å². The number of nitrogens with zero attached hydrogens (tertiary/aromatic N) is 1. The summed E-state index contributed by atoms with van der Waals surface area (Å²) in [5.74, 6) is -0.564. The fraction of sp³-hybridized carbons (Fsp3) is 0.455. The Morgan fingerprint density at radius 1 is 1.29 bits per heavy atom. The van der Waals surface area contributed by atoms with Crippen LogP contribution in [-0.2, 0) is 6.54 Å². The van der Waals surface area contributed by atoms with E-state index >= 15 is 0 Å². The molecule has 2 N–H and O–H groups in total. The maximum Gasteiger partial charge on any atom is 0.390 e. The summed E-state index contributed by atoms with van der Waals surface area (Å²) in [5.41, 5.74) is 5.67. The molecule has 0 radical (unpaired) electrons. The van der Waals surface area contributed by atoms with Crippen LogP contribution in [0.25, 0.3) is 0 Å². The van der Waals surface area contributed by atoms with Crippen molar-refractivity contribution in [3.63, 3.8) is 0 Å². The van der Waals surface area contributed by atoms with Gasteiger partial charge in [-0.25, -0.2) is 4.39 Å². The van der Waals surface area contributed by atoms with E-state index in [1.165, 1.54) is 24.1 Å². The molecule has 0 aliphatic heterocycles. The van der Waals surface area contributed by atoms with Crippen LogP contribution in [0.2, 0.25) is 0 Å². The van der Waals surface area contributed by atoms with E-state index in [9.17, 15) is 17.6 Å². The van der Waals surface area contributed by atoms with Crippen LogP contribution >= 0.6 is 0 Å². The van der Waals surface area contributed by atoms with Crippen molar-refractivity contribution >= 4 is 5.69 Å². The third kappa shape index (κ3) is 4.60. The van der Waals surface area contributed by atoms with Crippen LogP contribution in [0.3, 0.4) is 0 Å². The molecule has 0 fully saturated rings.